The van der Waals surface area contributed by atoms with Crippen LogP contribution in [0.2, 0.25) is 0 Å². The number of amides is 1. The van der Waals surface area contributed by atoms with Crippen molar-refractivity contribution in [3.63, 3.8) is 0 Å². The van der Waals surface area contributed by atoms with E-state index in [1.807, 2.05) is 26.0 Å². The molecule has 0 saturated carbocycles. The number of aryl methyl sites for hydroxylation is 3. The average molecular weight is 290 g/mol. The lowest BCUT2D eigenvalue weighted by Crippen LogP contribution is -2.11. The number of hydrogen-bond acceptors (Lipinski definition) is 4. The molecule has 2 aromatic rings. The van der Waals surface area contributed by atoms with Gasteiger partial charge in [-0.05, 0) is 38.8 Å². The topological polar surface area (TPSA) is 62.2 Å². The van der Waals surface area contributed by atoms with Crippen LogP contribution in [0.1, 0.15) is 32.9 Å². The second-order valence-corrected chi connectivity index (χ2v) is 5.76. The minimum Gasteiger partial charge on any atom is -0.396 e. The molecule has 20 heavy (non-hydrogen) atoms. The SMILES string of the molecule is Cc1ccc(C(=O)Nc2nc(C)c(CCCO)s2)cc1. The predicted octanol–water partition coefficient (Wildman–Crippen LogP) is 2.94. The quantitative estimate of drug-likeness (QED) is 0.890. The number of carbonyl (C=O) groups excluding carboxylic acids is 1. The molecule has 0 bridgehead atoms. The van der Waals surface area contributed by atoms with E-state index in [4.69, 9.17) is 5.11 Å². The van der Waals surface area contributed by atoms with E-state index in [-0.39, 0.29) is 12.5 Å². The van der Waals surface area contributed by atoms with E-state index in [0.29, 0.717) is 17.1 Å². The van der Waals surface area contributed by atoms with Gasteiger partial charge in [0.05, 0.1) is 5.69 Å². The van der Waals surface area contributed by atoms with Gasteiger partial charge in [0, 0.05) is 17.0 Å². The maximum absolute atomic E-state index is 12.1. The van der Waals surface area contributed by atoms with Crippen molar-refractivity contribution < 1.29 is 9.90 Å². The number of aliphatic hydroxyl groups is 1. The zero-order valence-electron chi connectivity index (χ0n) is 11.6. The zero-order valence-corrected chi connectivity index (χ0v) is 12.5. The van der Waals surface area contributed by atoms with E-state index in [1.165, 1.54) is 11.3 Å². The molecule has 0 saturated heterocycles. The largest absolute Gasteiger partial charge is 0.396 e. The highest BCUT2D eigenvalue weighted by atomic mass is 32.1. The van der Waals surface area contributed by atoms with Crippen LogP contribution in [0, 0.1) is 13.8 Å². The first-order chi connectivity index (χ1) is 9.60. The maximum atomic E-state index is 12.1. The Kier molecular flexibility index (Phi) is 4.87. The van der Waals surface area contributed by atoms with Crippen LogP contribution >= 0.6 is 11.3 Å². The first-order valence-electron chi connectivity index (χ1n) is 6.55. The second kappa shape index (κ2) is 6.63. The molecular weight excluding hydrogens is 272 g/mol. The normalized spacial score (nSPS) is 10.6. The molecule has 0 spiro atoms. The highest BCUT2D eigenvalue weighted by Crippen LogP contribution is 2.24. The van der Waals surface area contributed by atoms with Crippen LogP contribution in [-0.2, 0) is 6.42 Å². The van der Waals surface area contributed by atoms with E-state index in [2.05, 4.69) is 10.3 Å². The molecule has 1 amide bonds. The number of nitrogens with one attached hydrogen (secondary N) is 1. The fourth-order valence-electron chi connectivity index (χ4n) is 1.83. The summed E-state index contributed by atoms with van der Waals surface area (Å²) >= 11 is 1.47. The Balaban J connectivity index is 2.06. The summed E-state index contributed by atoms with van der Waals surface area (Å²) < 4.78 is 0. The predicted molar refractivity (Wildman–Crippen MR) is 81.4 cm³/mol. The number of carbonyl (C=O) groups is 1. The molecule has 4 nitrogen and oxygen atoms in total. The Hall–Kier alpha value is -1.72. The van der Waals surface area contributed by atoms with Crippen LogP contribution in [0.15, 0.2) is 24.3 Å². The van der Waals surface area contributed by atoms with Crippen LogP contribution in [-0.4, -0.2) is 22.6 Å². The number of rotatable bonds is 5. The van der Waals surface area contributed by atoms with Gasteiger partial charge in [0.15, 0.2) is 5.13 Å². The van der Waals surface area contributed by atoms with Crippen molar-refractivity contribution in [3.8, 4) is 0 Å². The minimum atomic E-state index is -0.146. The van der Waals surface area contributed by atoms with Gasteiger partial charge in [-0.25, -0.2) is 4.98 Å². The van der Waals surface area contributed by atoms with Gasteiger partial charge in [-0.1, -0.05) is 17.7 Å². The van der Waals surface area contributed by atoms with Crippen molar-refractivity contribution in [1.82, 2.24) is 4.98 Å². The lowest BCUT2D eigenvalue weighted by atomic mass is 10.1. The number of aliphatic hydroxyl groups excluding tert-OH is 1. The van der Waals surface area contributed by atoms with Crippen molar-refractivity contribution in [1.29, 1.82) is 0 Å². The highest BCUT2D eigenvalue weighted by Gasteiger charge is 2.11. The first kappa shape index (κ1) is 14.7. The van der Waals surface area contributed by atoms with Gasteiger partial charge in [-0.2, -0.15) is 0 Å². The standard InChI is InChI=1S/C15H18N2O2S/c1-10-5-7-12(8-6-10)14(19)17-15-16-11(2)13(20-15)4-3-9-18/h5-8,18H,3-4,9H2,1-2H3,(H,16,17,19). The lowest BCUT2D eigenvalue weighted by Gasteiger charge is -2.01. The zero-order chi connectivity index (χ0) is 14.5. The molecule has 1 heterocycles. The van der Waals surface area contributed by atoms with Gasteiger partial charge in [-0.15, -0.1) is 11.3 Å². The first-order valence-corrected chi connectivity index (χ1v) is 7.37. The number of thiazole rings is 1. The third-order valence-electron chi connectivity index (χ3n) is 2.99. The number of anilines is 1. The molecule has 2 rings (SSSR count). The van der Waals surface area contributed by atoms with Crippen molar-refractivity contribution in [2.75, 3.05) is 11.9 Å². The third kappa shape index (κ3) is 3.65. The van der Waals surface area contributed by atoms with E-state index in [0.717, 1.165) is 22.6 Å². The fourth-order valence-corrected chi connectivity index (χ4v) is 2.83. The van der Waals surface area contributed by atoms with Crippen LogP contribution in [0.3, 0.4) is 0 Å². The molecule has 106 valence electrons. The van der Waals surface area contributed by atoms with Crippen molar-refractivity contribution >= 4 is 22.4 Å². The molecule has 2 N–H and O–H groups in total. The molecule has 0 radical (unpaired) electrons. The number of nitrogens with zero attached hydrogens (tertiary/aromatic N) is 1. The van der Waals surface area contributed by atoms with Gasteiger partial charge >= 0.3 is 0 Å². The van der Waals surface area contributed by atoms with Gasteiger partial charge < -0.3 is 5.11 Å². The molecular formula is C15H18N2O2S. The van der Waals surface area contributed by atoms with Gasteiger partial charge in [0.25, 0.3) is 5.91 Å². The number of hydrogen-bond donors (Lipinski definition) is 2. The van der Waals surface area contributed by atoms with Crippen LogP contribution in [0.5, 0.6) is 0 Å². The summed E-state index contributed by atoms with van der Waals surface area (Å²) in [5.74, 6) is -0.146. The Morgan fingerprint density at radius 3 is 2.65 bits per heavy atom. The Morgan fingerprint density at radius 1 is 1.30 bits per heavy atom. The molecule has 0 atom stereocenters. The Morgan fingerprint density at radius 2 is 2.00 bits per heavy atom. The maximum Gasteiger partial charge on any atom is 0.257 e. The molecule has 0 aliphatic carbocycles. The number of benzene rings is 1. The monoisotopic (exact) mass is 290 g/mol. The van der Waals surface area contributed by atoms with Crippen molar-refractivity contribution in [3.05, 3.63) is 46.0 Å². The summed E-state index contributed by atoms with van der Waals surface area (Å²) in [6.45, 7) is 4.08. The fraction of sp³-hybridized carbons (Fsp3) is 0.333. The van der Waals surface area contributed by atoms with Gasteiger partial charge in [-0.3, -0.25) is 10.1 Å². The second-order valence-electron chi connectivity index (χ2n) is 4.67. The van der Waals surface area contributed by atoms with E-state index < -0.39 is 0 Å². The third-order valence-corrected chi connectivity index (χ3v) is 4.12. The molecule has 0 aliphatic heterocycles. The van der Waals surface area contributed by atoms with E-state index >= 15 is 0 Å². The summed E-state index contributed by atoms with van der Waals surface area (Å²) in [5, 5.41) is 12.3. The van der Waals surface area contributed by atoms with E-state index in [9.17, 15) is 4.79 Å². The molecule has 1 aromatic heterocycles. The van der Waals surface area contributed by atoms with Crippen LogP contribution in [0.25, 0.3) is 0 Å². The lowest BCUT2D eigenvalue weighted by molar-refractivity contribution is 0.102. The summed E-state index contributed by atoms with van der Waals surface area (Å²) in [5.41, 5.74) is 2.67. The highest BCUT2D eigenvalue weighted by molar-refractivity contribution is 7.15. The average Bonchev–Trinajstić information content (AvgIpc) is 2.77. The molecule has 1 aromatic carbocycles. The van der Waals surface area contributed by atoms with Gasteiger partial charge in [0.1, 0.15) is 0 Å². The Labute approximate surface area is 122 Å². The Bertz CT molecular complexity index is 590. The molecule has 0 unspecified atom stereocenters. The van der Waals surface area contributed by atoms with E-state index in [1.54, 1.807) is 12.1 Å². The van der Waals surface area contributed by atoms with Crippen LogP contribution < -0.4 is 5.32 Å². The summed E-state index contributed by atoms with van der Waals surface area (Å²) in [6.07, 6.45) is 1.51. The van der Waals surface area contributed by atoms with Crippen LogP contribution in [0.4, 0.5) is 5.13 Å². The summed E-state index contributed by atoms with van der Waals surface area (Å²) in [6, 6.07) is 7.43. The van der Waals surface area contributed by atoms with Crippen molar-refractivity contribution in [2.45, 2.75) is 26.7 Å². The molecule has 0 fully saturated rings. The van der Waals surface area contributed by atoms with Crippen molar-refractivity contribution in [2.24, 2.45) is 0 Å². The summed E-state index contributed by atoms with van der Waals surface area (Å²) in [4.78, 5) is 17.5. The van der Waals surface area contributed by atoms with Gasteiger partial charge in [0.2, 0.25) is 0 Å². The molecule has 0 aliphatic rings. The minimum absolute atomic E-state index is 0.146. The molecule has 5 heteroatoms. The number of aromatic nitrogens is 1. The summed E-state index contributed by atoms with van der Waals surface area (Å²) in [7, 11) is 0. The smallest absolute Gasteiger partial charge is 0.257 e.